The van der Waals surface area contributed by atoms with Crippen LogP contribution in [0.1, 0.15) is 31.4 Å². The topological polar surface area (TPSA) is 88.7 Å². The second-order valence-corrected chi connectivity index (χ2v) is 7.84. The number of carbonyl (C=O) groups is 2. The normalized spacial score (nSPS) is 18.8. The summed E-state index contributed by atoms with van der Waals surface area (Å²) in [5.41, 5.74) is 2.98. The van der Waals surface area contributed by atoms with Gasteiger partial charge >= 0.3 is 0 Å². The molecule has 30 heavy (non-hydrogen) atoms. The Bertz CT molecular complexity index is 946. The minimum absolute atomic E-state index is 0.0150. The molecule has 2 aliphatic rings. The fourth-order valence-electron chi connectivity index (χ4n) is 3.79. The lowest BCUT2D eigenvalue weighted by atomic mass is 9.94. The molecule has 158 valence electrons. The molecule has 7 nitrogen and oxygen atoms in total. The molecule has 0 spiro atoms. The van der Waals surface area contributed by atoms with Crippen molar-refractivity contribution in [1.29, 1.82) is 0 Å². The lowest BCUT2D eigenvalue weighted by molar-refractivity contribution is -0.129. The van der Waals surface area contributed by atoms with E-state index in [-0.39, 0.29) is 30.6 Å². The van der Waals surface area contributed by atoms with Gasteiger partial charge in [-0.25, -0.2) is 0 Å². The van der Waals surface area contributed by atoms with Gasteiger partial charge in [0.25, 0.3) is 0 Å². The number of benzene rings is 2. The predicted octanol–water partition coefficient (Wildman–Crippen LogP) is 2.60. The first-order valence-corrected chi connectivity index (χ1v) is 10.4. The molecular formula is C23H27N3O4. The zero-order valence-corrected chi connectivity index (χ0v) is 17.2. The van der Waals surface area contributed by atoms with Crippen LogP contribution in [0, 0.1) is 5.92 Å². The number of carbonyl (C=O) groups excluding carboxylic acids is 2. The van der Waals surface area contributed by atoms with E-state index in [0.717, 1.165) is 6.42 Å². The Hall–Kier alpha value is -3.06. The summed E-state index contributed by atoms with van der Waals surface area (Å²) < 4.78 is 10.7. The molecule has 0 radical (unpaired) electrons. The van der Waals surface area contributed by atoms with Crippen molar-refractivity contribution in [3.63, 3.8) is 0 Å². The average molecular weight is 409 g/mol. The lowest BCUT2D eigenvalue weighted by Crippen LogP contribution is -2.55. The van der Waals surface area contributed by atoms with Crippen molar-refractivity contribution < 1.29 is 19.1 Å². The van der Waals surface area contributed by atoms with Crippen molar-refractivity contribution in [3.8, 4) is 11.5 Å². The fraction of sp³-hybridized carbons (Fsp3) is 0.391. The van der Waals surface area contributed by atoms with Gasteiger partial charge in [-0.2, -0.15) is 0 Å². The molecule has 0 aliphatic carbocycles. The van der Waals surface area contributed by atoms with Gasteiger partial charge < -0.3 is 25.4 Å². The van der Waals surface area contributed by atoms with Crippen LogP contribution in [0.3, 0.4) is 0 Å². The minimum atomic E-state index is -0.633. The predicted molar refractivity (Wildman–Crippen MR) is 113 cm³/mol. The summed E-state index contributed by atoms with van der Waals surface area (Å²) in [6.45, 7) is 4.79. The molecule has 0 saturated heterocycles. The summed E-state index contributed by atoms with van der Waals surface area (Å²) in [6.07, 6.45) is 1.37. The highest BCUT2D eigenvalue weighted by molar-refractivity contribution is 5.98. The number of ether oxygens (including phenoxy) is 2. The van der Waals surface area contributed by atoms with Gasteiger partial charge in [0.2, 0.25) is 18.6 Å². The average Bonchev–Trinajstić information content (AvgIpc) is 3.24. The third-order valence-corrected chi connectivity index (χ3v) is 5.83. The zero-order chi connectivity index (χ0) is 21.1. The van der Waals surface area contributed by atoms with Crippen LogP contribution in [0.15, 0.2) is 42.5 Å². The highest BCUT2D eigenvalue weighted by atomic mass is 16.7. The quantitative estimate of drug-likeness (QED) is 0.683. The van der Waals surface area contributed by atoms with Gasteiger partial charge in [-0.15, -0.1) is 0 Å². The second kappa shape index (κ2) is 8.75. The maximum atomic E-state index is 13.0. The van der Waals surface area contributed by atoms with E-state index >= 15 is 0 Å². The monoisotopic (exact) mass is 409 g/mol. The Kier molecular flexibility index (Phi) is 5.90. The van der Waals surface area contributed by atoms with E-state index in [1.165, 1.54) is 11.1 Å². The van der Waals surface area contributed by atoms with Gasteiger partial charge in [-0.1, -0.05) is 44.5 Å². The number of rotatable bonds is 6. The lowest BCUT2D eigenvalue weighted by Gasteiger charge is -2.29. The molecule has 2 aliphatic heterocycles. The molecule has 0 unspecified atom stereocenters. The van der Waals surface area contributed by atoms with Crippen molar-refractivity contribution in [2.24, 2.45) is 5.92 Å². The molecule has 2 amide bonds. The van der Waals surface area contributed by atoms with E-state index in [1.807, 2.05) is 26.0 Å². The Morgan fingerprint density at radius 2 is 1.90 bits per heavy atom. The SMILES string of the molecule is CC[C@H](C)[C@H](NC(=O)[C@H]1Cc2ccccc2CN1)C(=O)Nc1ccc2c(c1)OCO2. The summed E-state index contributed by atoms with van der Waals surface area (Å²) in [5, 5.41) is 9.15. The summed E-state index contributed by atoms with van der Waals surface area (Å²) in [5.74, 6) is 0.840. The van der Waals surface area contributed by atoms with Gasteiger partial charge in [0.15, 0.2) is 11.5 Å². The van der Waals surface area contributed by atoms with Crippen LogP contribution in [0.5, 0.6) is 11.5 Å². The Labute approximate surface area is 176 Å². The third-order valence-electron chi connectivity index (χ3n) is 5.83. The van der Waals surface area contributed by atoms with E-state index in [0.29, 0.717) is 30.2 Å². The van der Waals surface area contributed by atoms with Crippen molar-refractivity contribution in [2.45, 2.75) is 45.3 Å². The molecule has 2 aromatic rings. The molecule has 0 fully saturated rings. The van der Waals surface area contributed by atoms with Gasteiger partial charge in [0, 0.05) is 18.3 Å². The van der Waals surface area contributed by atoms with Crippen molar-refractivity contribution >= 4 is 17.5 Å². The highest BCUT2D eigenvalue weighted by Gasteiger charge is 2.31. The third kappa shape index (κ3) is 4.26. The minimum Gasteiger partial charge on any atom is -0.454 e. The Balaban J connectivity index is 1.43. The van der Waals surface area contributed by atoms with Gasteiger partial charge in [-0.05, 0) is 35.6 Å². The summed E-state index contributed by atoms with van der Waals surface area (Å²) in [6, 6.07) is 12.4. The van der Waals surface area contributed by atoms with E-state index in [2.05, 4.69) is 28.1 Å². The Morgan fingerprint density at radius 1 is 1.13 bits per heavy atom. The molecule has 0 aromatic heterocycles. The Morgan fingerprint density at radius 3 is 2.70 bits per heavy atom. The molecule has 3 N–H and O–H groups in total. The van der Waals surface area contributed by atoms with Gasteiger partial charge in [-0.3, -0.25) is 9.59 Å². The smallest absolute Gasteiger partial charge is 0.247 e. The van der Waals surface area contributed by atoms with Crippen molar-refractivity contribution in [1.82, 2.24) is 10.6 Å². The molecular weight excluding hydrogens is 382 g/mol. The number of hydrogen-bond donors (Lipinski definition) is 3. The molecule has 2 aromatic carbocycles. The van der Waals surface area contributed by atoms with Crippen molar-refractivity contribution in [3.05, 3.63) is 53.6 Å². The van der Waals surface area contributed by atoms with Crippen LogP contribution in [0.25, 0.3) is 0 Å². The van der Waals surface area contributed by atoms with Gasteiger partial charge in [0.05, 0.1) is 6.04 Å². The molecule has 3 atom stereocenters. The largest absolute Gasteiger partial charge is 0.454 e. The van der Waals surface area contributed by atoms with E-state index in [4.69, 9.17) is 9.47 Å². The summed E-state index contributed by atoms with van der Waals surface area (Å²) in [7, 11) is 0. The van der Waals surface area contributed by atoms with Gasteiger partial charge in [0.1, 0.15) is 6.04 Å². The molecule has 0 saturated carbocycles. The first kappa shape index (κ1) is 20.2. The number of hydrogen-bond acceptors (Lipinski definition) is 5. The number of amides is 2. The fourth-order valence-corrected chi connectivity index (χ4v) is 3.79. The molecule has 0 bridgehead atoms. The van der Waals surface area contributed by atoms with Crippen LogP contribution >= 0.6 is 0 Å². The first-order chi connectivity index (χ1) is 14.5. The molecule has 7 heteroatoms. The van der Waals surface area contributed by atoms with E-state index < -0.39 is 6.04 Å². The summed E-state index contributed by atoms with van der Waals surface area (Å²) >= 11 is 0. The number of nitrogens with one attached hydrogen (secondary N) is 3. The van der Waals surface area contributed by atoms with E-state index in [1.54, 1.807) is 18.2 Å². The van der Waals surface area contributed by atoms with Crippen LogP contribution in [0.2, 0.25) is 0 Å². The highest BCUT2D eigenvalue weighted by Crippen LogP contribution is 2.34. The van der Waals surface area contributed by atoms with E-state index in [9.17, 15) is 9.59 Å². The van der Waals surface area contributed by atoms with Crippen LogP contribution < -0.4 is 25.4 Å². The summed E-state index contributed by atoms with van der Waals surface area (Å²) in [4.78, 5) is 26.0. The maximum Gasteiger partial charge on any atom is 0.247 e. The standard InChI is InChI=1S/C23H27N3O4/c1-3-14(2)21(23(28)25-17-8-9-19-20(11-17)30-13-29-19)26-22(27)18-10-15-6-4-5-7-16(15)12-24-18/h4-9,11,14,18,21,24H,3,10,12-13H2,1-2H3,(H,25,28)(H,26,27)/t14-,18+,21-/m0/s1. The number of fused-ring (bicyclic) bond motifs is 2. The molecule has 2 heterocycles. The van der Waals surface area contributed by atoms with Crippen LogP contribution in [-0.4, -0.2) is 30.7 Å². The first-order valence-electron chi connectivity index (χ1n) is 10.4. The maximum absolute atomic E-state index is 13.0. The van der Waals surface area contributed by atoms with Crippen molar-refractivity contribution in [2.75, 3.05) is 12.1 Å². The second-order valence-electron chi connectivity index (χ2n) is 7.84. The van der Waals surface area contributed by atoms with Crippen LogP contribution in [0.4, 0.5) is 5.69 Å². The zero-order valence-electron chi connectivity index (χ0n) is 17.2. The number of anilines is 1. The molecule has 4 rings (SSSR count). The van der Waals surface area contributed by atoms with Crippen LogP contribution in [-0.2, 0) is 22.6 Å².